The number of fused-ring (bicyclic) bond motifs is 1. The molecule has 0 aliphatic carbocycles. The van der Waals surface area contributed by atoms with Crippen LogP contribution in [0.2, 0.25) is 0 Å². The number of aromatic nitrogens is 1. The number of rotatable bonds is 4. The second kappa shape index (κ2) is 5.54. The molecule has 0 fully saturated rings. The molecule has 0 saturated heterocycles. The number of nitrogens with zero attached hydrogens (tertiary/aromatic N) is 1. The third kappa shape index (κ3) is 2.82. The van der Waals surface area contributed by atoms with Gasteiger partial charge in [-0.25, -0.2) is 9.37 Å². The van der Waals surface area contributed by atoms with E-state index in [0.717, 1.165) is 15.2 Å². The first-order valence-electron chi connectivity index (χ1n) is 6.93. The molecule has 1 atom stereocenters. The third-order valence-electron chi connectivity index (χ3n) is 3.73. The second-order valence-corrected chi connectivity index (χ2v) is 6.26. The van der Waals surface area contributed by atoms with Crippen molar-refractivity contribution in [3.8, 4) is 0 Å². The summed E-state index contributed by atoms with van der Waals surface area (Å²) in [5, 5.41) is 11.8. The molecular formula is C17H16FNOS. The van der Waals surface area contributed by atoms with Gasteiger partial charge in [0.2, 0.25) is 0 Å². The summed E-state index contributed by atoms with van der Waals surface area (Å²) >= 11 is 1.57. The van der Waals surface area contributed by atoms with E-state index in [2.05, 4.69) is 4.98 Å². The van der Waals surface area contributed by atoms with Crippen molar-refractivity contribution >= 4 is 21.6 Å². The Morgan fingerprint density at radius 2 is 2.00 bits per heavy atom. The average molecular weight is 301 g/mol. The number of halogens is 1. The van der Waals surface area contributed by atoms with Crippen LogP contribution < -0.4 is 0 Å². The van der Waals surface area contributed by atoms with Crippen molar-refractivity contribution in [2.75, 3.05) is 0 Å². The van der Waals surface area contributed by atoms with Crippen molar-refractivity contribution in [2.24, 2.45) is 0 Å². The zero-order valence-corrected chi connectivity index (χ0v) is 12.5. The summed E-state index contributed by atoms with van der Waals surface area (Å²) in [5.74, 6) is -0.330. The third-order valence-corrected chi connectivity index (χ3v) is 4.77. The summed E-state index contributed by atoms with van der Waals surface area (Å²) in [6.07, 6.45) is 0.901. The van der Waals surface area contributed by atoms with Gasteiger partial charge in [-0.2, -0.15) is 0 Å². The molecule has 4 heteroatoms. The molecule has 1 N–H and O–H groups in total. The molecule has 1 heterocycles. The lowest BCUT2D eigenvalue weighted by atomic mass is 9.88. The van der Waals surface area contributed by atoms with Gasteiger partial charge in [0.15, 0.2) is 0 Å². The molecule has 0 aliphatic heterocycles. The minimum atomic E-state index is -1.09. The van der Waals surface area contributed by atoms with Gasteiger partial charge >= 0.3 is 0 Å². The second-order valence-electron chi connectivity index (χ2n) is 5.15. The van der Waals surface area contributed by atoms with Gasteiger partial charge in [0.05, 0.1) is 20.8 Å². The molecule has 0 amide bonds. The molecule has 0 spiro atoms. The van der Waals surface area contributed by atoms with Crippen LogP contribution in [0.3, 0.4) is 0 Å². The van der Waals surface area contributed by atoms with Crippen molar-refractivity contribution in [1.29, 1.82) is 0 Å². The van der Waals surface area contributed by atoms with E-state index < -0.39 is 5.60 Å². The van der Waals surface area contributed by atoms with E-state index in [1.165, 1.54) is 12.1 Å². The summed E-state index contributed by atoms with van der Waals surface area (Å²) in [4.78, 5) is 4.56. The van der Waals surface area contributed by atoms with Crippen molar-refractivity contribution in [3.05, 3.63) is 64.9 Å². The van der Waals surface area contributed by atoms with Gasteiger partial charge in [-0.15, -0.1) is 11.3 Å². The van der Waals surface area contributed by atoms with Crippen molar-refractivity contribution in [3.63, 3.8) is 0 Å². The fraction of sp³-hybridized carbons (Fsp3) is 0.235. The van der Waals surface area contributed by atoms with Crippen LogP contribution in [-0.2, 0) is 12.0 Å². The molecule has 0 aliphatic rings. The minimum absolute atomic E-state index is 0.330. The number of aliphatic hydroxyl groups is 1. The smallest absolute Gasteiger partial charge is 0.123 e. The molecule has 108 valence electrons. The number of benzene rings is 2. The Hall–Kier alpha value is -1.78. The van der Waals surface area contributed by atoms with Crippen LogP contribution in [0.25, 0.3) is 10.2 Å². The highest BCUT2D eigenvalue weighted by molar-refractivity contribution is 7.18. The number of hydrogen-bond acceptors (Lipinski definition) is 3. The highest BCUT2D eigenvalue weighted by atomic mass is 32.1. The average Bonchev–Trinajstić information content (AvgIpc) is 2.89. The van der Waals surface area contributed by atoms with Crippen LogP contribution in [0.15, 0.2) is 48.5 Å². The molecule has 1 unspecified atom stereocenters. The van der Waals surface area contributed by atoms with E-state index in [-0.39, 0.29) is 5.82 Å². The monoisotopic (exact) mass is 301 g/mol. The summed E-state index contributed by atoms with van der Waals surface area (Å²) in [6, 6.07) is 14.1. The molecule has 2 nitrogen and oxygen atoms in total. The molecular weight excluding hydrogens is 285 g/mol. The quantitative estimate of drug-likeness (QED) is 0.780. The molecule has 2 aromatic carbocycles. The van der Waals surface area contributed by atoms with E-state index in [0.29, 0.717) is 18.4 Å². The Balaban J connectivity index is 1.96. The van der Waals surface area contributed by atoms with Crippen molar-refractivity contribution in [2.45, 2.75) is 25.4 Å². The molecule has 3 aromatic rings. The van der Waals surface area contributed by atoms with Crippen LogP contribution in [0, 0.1) is 5.82 Å². The minimum Gasteiger partial charge on any atom is -0.385 e. The van der Waals surface area contributed by atoms with E-state index in [1.54, 1.807) is 23.5 Å². The van der Waals surface area contributed by atoms with Crippen LogP contribution in [0.4, 0.5) is 4.39 Å². The Bertz CT molecular complexity index is 737. The lowest BCUT2D eigenvalue weighted by Gasteiger charge is -2.26. The fourth-order valence-corrected chi connectivity index (χ4v) is 3.53. The lowest BCUT2D eigenvalue weighted by Crippen LogP contribution is -2.27. The zero-order valence-electron chi connectivity index (χ0n) is 11.7. The van der Waals surface area contributed by atoms with Gasteiger partial charge in [0, 0.05) is 6.42 Å². The van der Waals surface area contributed by atoms with Crippen molar-refractivity contribution < 1.29 is 9.50 Å². The maximum Gasteiger partial charge on any atom is 0.123 e. The van der Waals surface area contributed by atoms with Gasteiger partial charge in [0.1, 0.15) is 5.82 Å². The molecule has 1 aromatic heterocycles. The Morgan fingerprint density at radius 3 is 2.71 bits per heavy atom. The first-order valence-corrected chi connectivity index (χ1v) is 7.75. The van der Waals surface area contributed by atoms with E-state index in [9.17, 15) is 9.50 Å². The SMILES string of the molecule is CCC(O)(Cc1nc2ccccc2s1)c1cccc(F)c1. The number of para-hydroxylation sites is 1. The van der Waals surface area contributed by atoms with Gasteiger partial charge in [-0.3, -0.25) is 0 Å². The highest BCUT2D eigenvalue weighted by Crippen LogP contribution is 2.32. The standard InChI is InChI=1S/C17H16FNOS/c1-2-17(20,12-6-5-7-13(18)10-12)11-16-19-14-8-3-4-9-15(14)21-16/h3-10,20H,2,11H2,1H3. The van der Waals surface area contributed by atoms with E-state index >= 15 is 0 Å². The van der Waals surface area contributed by atoms with E-state index in [1.807, 2.05) is 31.2 Å². The summed E-state index contributed by atoms with van der Waals surface area (Å²) in [7, 11) is 0. The number of hydrogen-bond donors (Lipinski definition) is 1. The maximum atomic E-state index is 13.4. The van der Waals surface area contributed by atoms with Gasteiger partial charge in [-0.05, 0) is 36.2 Å². The highest BCUT2D eigenvalue weighted by Gasteiger charge is 2.29. The van der Waals surface area contributed by atoms with Crippen molar-refractivity contribution in [1.82, 2.24) is 4.98 Å². The normalized spacial score (nSPS) is 14.2. The number of thiazole rings is 1. The van der Waals surface area contributed by atoms with Crippen LogP contribution >= 0.6 is 11.3 Å². The van der Waals surface area contributed by atoms with Crippen LogP contribution in [0.5, 0.6) is 0 Å². The Morgan fingerprint density at radius 1 is 1.19 bits per heavy atom. The first kappa shape index (κ1) is 14.2. The van der Waals surface area contributed by atoms with Gasteiger partial charge < -0.3 is 5.11 Å². The summed E-state index contributed by atoms with van der Waals surface area (Å²) in [5.41, 5.74) is 0.454. The molecule has 3 rings (SSSR count). The largest absolute Gasteiger partial charge is 0.385 e. The topological polar surface area (TPSA) is 33.1 Å². The zero-order chi connectivity index (χ0) is 14.9. The summed E-state index contributed by atoms with van der Waals surface area (Å²) < 4.78 is 14.5. The molecule has 21 heavy (non-hydrogen) atoms. The van der Waals surface area contributed by atoms with Crippen LogP contribution in [0.1, 0.15) is 23.9 Å². The predicted molar refractivity (Wildman–Crippen MR) is 83.9 cm³/mol. The fourth-order valence-electron chi connectivity index (χ4n) is 2.45. The maximum absolute atomic E-state index is 13.4. The lowest BCUT2D eigenvalue weighted by molar-refractivity contribution is 0.0324. The predicted octanol–water partition coefficient (Wildman–Crippen LogP) is 4.28. The molecule has 0 bridgehead atoms. The van der Waals surface area contributed by atoms with Gasteiger partial charge in [0.25, 0.3) is 0 Å². The van der Waals surface area contributed by atoms with Gasteiger partial charge in [-0.1, -0.05) is 31.2 Å². The van der Waals surface area contributed by atoms with E-state index in [4.69, 9.17) is 0 Å². The van der Waals surface area contributed by atoms with Crippen LogP contribution in [-0.4, -0.2) is 10.1 Å². The molecule has 0 saturated carbocycles. The Kier molecular flexibility index (Phi) is 3.74. The summed E-state index contributed by atoms with van der Waals surface area (Å²) in [6.45, 7) is 1.90. The Labute approximate surface area is 126 Å². The molecule has 0 radical (unpaired) electrons. The first-order chi connectivity index (χ1) is 10.1.